The summed E-state index contributed by atoms with van der Waals surface area (Å²) in [6.45, 7) is 0. The Morgan fingerprint density at radius 3 is 2.54 bits per heavy atom. The quantitative estimate of drug-likeness (QED) is 0.578. The molecule has 0 aliphatic heterocycles. The Bertz CT molecular complexity index is 870. The Morgan fingerprint density at radius 2 is 1.79 bits per heavy atom. The van der Waals surface area contributed by atoms with Crippen molar-refractivity contribution in [2.75, 3.05) is 7.11 Å². The van der Waals surface area contributed by atoms with Crippen LogP contribution in [0.2, 0.25) is 0 Å². The van der Waals surface area contributed by atoms with Crippen molar-refractivity contribution in [1.29, 1.82) is 0 Å². The fraction of sp³-hybridized carbons (Fsp3) is 0.100. The number of ether oxygens (including phenoxy) is 1. The Labute approximate surface area is 140 Å². The third kappa shape index (κ3) is 3.98. The van der Waals surface area contributed by atoms with Crippen LogP contribution >= 0.6 is 0 Å². The molecule has 0 aliphatic rings. The van der Waals surface area contributed by atoms with E-state index in [0.29, 0.717) is 6.42 Å². The summed E-state index contributed by atoms with van der Waals surface area (Å²) in [5, 5.41) is 6.29. The number of nitrogens with one attached hydrogen (secondary N) is 1. The first-order valence-corrected chi connectivity index (χ1v) is 7.68. The zero-order valence-corrected chi connectivity index (χ0v) is 13.4. The number of benzene rings is 3. The van der Waals surface area contributed by atoms with Crippen LogP contribution in [-0.4, -0.2) is 19.2 Å². The van der Waals surface area contributed by atoms with E-state index >= 15 is 0 Å². The summed E-state index contributed by atoms with van der Waals surface area (Å²) >= 11 is 0. The predicted molar refractivity (Wildman–Crippen MR) is 96.4 cm³/mol. The number of hydrazone groups is 1. The highest BCUT2D eigenvalue weighted by Crippen LogP contribution is 2.16. The molecular formula is C20H18N2O2. The van der Waals surface area contributed by atoms with Crippen molar-refractivity contribution in [1.82, 2.24) is 5.43 Å². The van der Waals surface area contributed by atoms with Crippen LogP contribution in [0.15, 0.2) is 71.8 Å². The minimum atomic E-state index is -0.143. The Kier molecular flexibility index (Phi) is 4.87. The van der Waals surface area contributed by atoms with Gasteiger partial charge in [-0.3, -0.25) is 4.79 Å². The first-order valence-electron chi connectivity index (χ1n) is 7.68. The number of carbonyl (C=O) groups is 1. The van der Waals surface area contributed by atoms with Gasteiger partial charge in [0, 0.05) is 0 Å². The van der Waals surface area contributed by atoms with Gasteiger partial charge >= 0.3 is 0 Å². The number of hydrogen-bond donors (Lipinski definition) is 1. The van der Waals surface area contributed by atoms with Gasteiger partial charge in [-0.1, -0.05) is 42.5 Å². The van der Waals surface area contributed by atoms with Crippen LogP contribution in [0, 0.1) is 0 Å². The molecule has 0 spiro atoms. The molecule has 0 bridgehead atoms. The summed E-state index contributed by atoms with van der Waals surface area (Å²) in [6.07, 6.45) is 1.91. The van der Waals surface area contributed by atoms with Gasteiger partial charge in [0.2, 0.25) is 5.91 Å². The lowest BCUT2D eigenvalue weighted by Gasteiger charge is -2.03. The summed E-state index contributed by atoms with van der Waals surface area (Å²) in [5.41, 5.74) is 4.41. The van der Waals surface area contributed by atoms with Gasteiger partial charge in [-0.05, 0) is 46.2 Å². The maximum Gasteiger partial charge on any atom is 0.244 e. The summed E-state index contributed by atoms with van der Waals surface area (Å²) < 4.78 is 5.09. The molecule has 3 rings (SSSR count). The van der Waals surface area contributed by atoms with Crippen molar-refractivity contribution < 1.29 is 9.53 Å². The average Bonchev–Trinajstić information content (AvgIpc) is 2.62. The monoisotopic (exact) mass is 318 g/mol. The summed E-state index contributed by atoms with van der Waals surface area (Å²) in [4.78, 5) is 12.0. The third-order valence-electron chi connectivity index (χ3n) is 3.70. The molecule has 0 heterocycles. The second-order valence-electron chi connectivity index (χ2n) is 5.42. The fourth-order valence-electron chi connectivity index (χ4n) is 2.44. The topological polar surface area (TPSA) is 50.7 Å². The standard InChI is InChI=1S/C20H18N2O2/c1-24-19-10-7-15(8-11-19)14-21-22-20(23)13-16-6-9-17-4-2-3-5-18(17)12-16/h2-12,14H,13H2,1H3,(H,22,23). The van der Waals surface area contributed by atoms with Crippen LogP contribution in [0.25, 0.3) is 10.8 Å². The molecule has 4 nitrogen and oxygen atoms in total. The summed E-state index contributed by atoms with van der Waals surface area (Å²) in [7, 11) is 1.62. The minimum absolute atomic E-state index is 0.143. The van der Waals surface area contributed by atoms with Gasteiger partial charge in [0.05, 0.1) is 19.7 Å². The van der Waals surface area contributed by atoms with Gasteiger partial charge < -0.3 is 4.74 Å². The molecule has 1 N–H and O–H groups in total. The maximum atomic E-state index is 12.0. The molecule has 0 unspecified atom stereocenters. The summed E-state index contributed by atoms with van der Waals surface area (Å²) in [5.74, 6) is 0.641. The van der Waals surface area contributed by atoms with Crippen LogP contribution in [0.5, 0.6) is 5.75 Å². The lowest BCUT2D eigenvalue weighted by molar-refractivity contribution is -0.120. The molecule has 0 aliphatic carbocycles. The van der Waals surface area contributed by atoms with E-state index in [2.05, 4.69) is 16.6 Å². The van der Waals surface area contributed by atoms with E-state index < -0.39 is 0 Å². The van der Waals surface area contributed by atoms with Gasteiger partial charge in [0.1, 0.15) is 5.75 Å². The number of fused-ring (bicyclic) bond motifs is 1. The summed E-state index contributed by atoms with van der Waals surface area (Å²) in [6, 6.07) is 21.5. The first kappa shape index (κ1) is 15.7. The zero-order chi connectivity index (χ0) is 16.8. The molecule has 4 heteroatoms. The molecule has 120 valence electrons. The number of carbonyl (C=O) groups excluding carboxylic acids is 1. The zero-order valence-electron chi connectivity index (χ0n) is 13.4. The predicted octanol–water partition coefficient (Wildman–Crippen LogP) is 3.54. The normalized spacial score (nSPS) is 10.9. The molecule has 0 saturated carbocycles. The van der Waals surface area contributed by atoms with Crippen LogP contribution in [0.4, 0.5) is 0 Å². The van der Waals surface area contributed by atoms with E-state index in [9.17, 15) is 4.79 Å². The van der Waals surface area contributed by atoms with Crippen molar-refractivity contribution in [3.8, 4) is 5.75 Å². The van der Waals surface area contributed by atoms with Crippen LogP contribution in [0.3, 0.4) is 0 Å². The highest BCUT2D eigenvalue weighted by molar-refractivity contribution is 5.86. The first-order chi connectivity index (χ1) is 11.7. The molecule has 3 aromatic carbocycles. The van der Waals surface area contributed by atoms with Gasteiger partial charge in [0.25, 0.3) is 0 Å². The fourth-order valence-corrected chi connectivity index (χ4v) is 2.44. The molecule has 0 atom stereocenters. The average molecular weight is 318 g/mol. The number of rotatable bonds is 5. The van der Waals surface area contributed by atoms with Crippen molar-refractivity contribution in [3.05, 3.63) is 77.9 Å². The Morgan fingerprint density at radius 1 is 1.04 bits per heavy atom. The molecule has 1 amide bonds. The third-order valence-corrected chi connectivity index (χ3v) is 3.70. The Balaban J connectivity index is 1.58. The number of methoxy groups -OCH3 is 1. The van der Waals surface area contributed by atoms with Crippen LogP contribution < -0.4 is 10.2 Å². The van der Waals surface area contributed by atoms with E-state index in [-0.39, 0.29) is 5.91 Å². The molecule has 0 fully saturated rings. The SMILES string of the molecule is COc1ccc(C=NNC(=O)Cc2ccc3ccccc3c2)cc1. The van der Waals surface area contributed by atoms with Crippen LogP contribution in [0.1, 0.15) is 11.1 Å². The van der Waals surface area contributed by atoms with Crippen molar-refractivity contribution in [3.63, 3.8) is 0 Å². The second-order valence-corrected chi connectivity index (χ2v) is 5.42. The number of hydrogen-bond acceptors (Lipinski definition) is 3. The van der Waals surface area contributed by atoms with E-state index in [1.54, 1.807) is 13.3 Å². The molecular weight excluding hydrogens is 300 g/mol. The highest BCUT2D eigenvalue weighted by Gasteiger charge is 2.03. The lowest BCUT2D eigenvalue weighted by Crippen LogP contribution is -2.19. The number of amides is 1. The Hall–Kier alpha value is -3.14. The maximum absolute atomic E-state index is 12.0. The number of nitrogens with zero attached hydrogens (tertiary/aromatic N) is 1. The largest absolute Gasteiger partial charge is 0.497 e. The van der Waals surface area contributed by atoms with Crippen molar-refractivity contribution >= 4 is 22.9 Å². The van der Waals surface area contributed by atoms with E-state index in [1.807, 2.05) is 60.7 Å². The van der Waals surface area contributed by atoms with E-state index in [1.165, 1.54) is 5.39 Å². The lowest BCUT2D eigenvalue weighted by atomic mass is 10.1. The smallest absolute Gasteiger partial charge is 0.244 e. The van der Waals surface area contributed by atoms with Crippen LogP contribution in [-0.2, 0) is 11.2 Å². The molecule has 24 heavy (non-hydrogen) atoms. The van der Waals surface area contributed by atoms with Crippen molar-refractivity contribution in [2.24, 2.45) is 5.10 Å². The molecule has 0 saturated heterocycles. The molecule has 0 radical (unpaired) electrons. The molecule has 0 aromatic heterocycles. The van der Waals surface area contributed by atoms with Crippen molar-refractivity contribution in [2.45, 2.75) is 6.42 Å². The van der Waals surface area contributed by atoms with Gasteiger partial charge in [-0.25, -0.2) is 5.43 Å². The second kappa shape index (κ2) is 7.42. The van der Waals surface area contributed by atoms with E-state index in [0.717, 1.165) is 22.3 Å². The van der Waals surface area contributed by atoms with Gasteiger partial charge in [-0.2, -0.15) is 5.10 Å². The van der Waals surface area contributed by atoms with Gasteiger partial charge in [0.15, 0.2) is 0 Å². The minimum Gasteiger partial charge on any atom is -0.497 e. The highest BCUT2D eigenvalue weighted by atomic mass is 16.5. The molecule has 3 aromatic rings. The van der Waals surface area contributed by atoms with E-state index in [4.69, 9.17) is 4.74 Å². The van der Waals surface area contributed by atoms with Gasteiger partial charge in [-0.15, -0.1) is 0 Å².